The van der Waals surface area contributed by atoms with Gasteiger partial charge in [0, 0.05) is 29.7 Å². The van der Waals surface area contributed by atoms with Crippen molar-refractivity contribution >= 4 is 24.1 Å². The van der Waals surface area contributed by atoms with Crippen LogP contribution in [-0.2, 0) is 11.3 Å². The second-order valence-electron chi connectivity index (χ2n) is 6.87. The Labute approximate surface area is 174 Å². The van der Waals surface area contributed by atoms with Crippen LogP contribution in [0.1, 0.15) is 12.2 Å². The minimum Gasteiger partial charge on any atom is -0.483 e. The largest absolute Gasteiger partial charge is 0.483 e. The number of carbonyl (C=O) groups excluding carboxylic acids is 1. The smallest absolute Gasteiger partial charge is 0.317 e. The molecule has 1 saturated heterocycles. The molecule has 0 unspecified atom stereocenters. The van der Waals surface area contributed by atoms with E-state index < -0.39 is 6.10 Å². The van der Waals surface area contributed by atoms with Crippen molar-refractivity contribution in [3.8, 4) is 11.3 Å². The molecule has 1 aromatic carbocycles. The van der Waals surface area contributed by atoms with Crippen LogP contribution in [0, 0.1) is 0 Å². The van der Waals surface area contributed by atoms with Gasteiger partial charge in [0.1, 0.15) is 11.5 Å². The first-order valence-electron chi connectivity index (χ1n) is 9.15. The van der Waals surface area contributed by atoms with Crippen molar-refractivity contribution in [3.63, 3.8) is 0 Å². The van der Waals surface area contributed by atoms with E-state index >= 15 is 0 Å². The average molecular weight is 424 g/mol. The topological polar surface area (TPSA) is 106 Å². The minimum absolute atomic E-state index is 0.0874. The summed E-state index contributed by atoms with van der Waals surface area (Å²) in [6, 6.07) is 11.0. The molecule has 0 spiro atoms. The maximum atomic E-state index is 12.3. The summed E-state index contributed by atoms with van der Waals surface area (Å²) in [6.07, 6.45) is 0.212. The molecular formula is C20H26ClN3O5. The van der Waals surface area contributed by atoms with Gasteiger partial charge in [-0.25, -0.2) is 4.79 Å². The first kappa shape index (κ1) is 22.7. The normalized spacial score (nSPS) is 18.7. The SMILES string of the molecule is CN(C)[C@H]1CCN(C(=O)NCc2ccc(-c3cccc(Cl)c3)o2)C[C@@H]1O.O=CO. The van der Waals surface area contributed by atoms with E-state index in [1.165, 1.54) is 0 Å². The average Bonchev–Trinajstić information content (AvgIpc) is 3.15. The van der Waals surface area contributed by atoms with Gasteiger partial charge in [0.2, 0.25) is 0 Å². The molecule has 2 atom stereocenters. The molecule has 0 radical (unpaired) electrons. The number of piperidine rings is 1. The van der Waals surface area contributed by atoms with E-state index in [9.17, 15) is 9.90 Å². The van der Waals surface area contributed by atoms with Crippen molar-refractivity contribution < 1.29 is 24.2 Å². The highest BCUT2D eigenvalue weighted by atomic mass is 35.5. The number of likely N-dealkylation sites (N-methyl/N-ethyl adjacent to an activating group) is 1. The van der Waals surface area contributed by atoms with Gasteiger partial charge in [0.15, 0.2) is 0 Å². The monoisotopic (exact) mass is 423 g/mol. The number of aliphatic hydroxyl groups excluding tert-OH is 1. The second-order valence-corrected chi connectivity index (χ2v) is 7.31. The van der Waals surface area contributed by atoms with Crippen molar-refractivity contribution in [2.24, 2.45) is 0 Å². The summed E-state index contributed by atoms with van der Waals surface area (Å²) in [5.41, 5.74) is 0.893. The number of β-amino-alcohol motifs (C(OH)–C–C–N with tert-alkyl or cyclic N) is 1. The molecule has 0 aliphatic carbocycles. The van der Waals surface area contributed by atoms with Crippen LogP contribution in [0.5, 0.6) is 0 Å². The Morgan fingerprint density at radius 1 is 1.38 bits per heavy atom. The number of aliphatic hydroxyl groups is 1. The van der Waals surface area contributed by atoms with Crippen LogP contribution in [0.15, 0.2) is 40.8 Å². The van der Waals surface area contributed by atoms with Gasteiger partial charge in [0.25, 0.3) is 6.47 Å². The van der Waals surface area contributed by atoms with E-state index in [0.29, 0.717) is 36.2 Å². The summed E-state index contributed by atoms with van der Waals surface area (Å²) < 4.78 is 5.78. The van der Waals surface area contributed by atoms with E-state index in [0.717, 1.165) is 12.0 Å². The van der Waals surface area contributed by atoms with Crippen molar-refractivity contribution in [2.45, 2.75) is 25.1 Å². The van der Waals surface area contributed by atoms with E-state index in [1.54, 1.807) is 4.90 Å². The van der Waals surface area contributed by atoms with E-state index in [-0.39, 0.29) is 18.5 Å². The van der Waals surface area contributed by atoms with Crippen LogP contribution in [0.25, 0.3) is 11.3 Å². The fourth-order valence-electron chi connectivity index (χ4n) is 3.25. The fourth-order valence-corrected chi connectivity index (χ4v) is 3.44. The fraction of sp³-hybridized carbons (Fsp3) is 0.400. The number of benzene rings is 1. The first-order chi connectivity index (χ1) is 13.8. The van der Waals surface area contributed by atoms with Crippen molar-refractivity contribution in [1.29, 1.82) is 0 Å². The van der Waals surface area contributed by atoms with E-state index in [4.69, 9.17) is 25.9 Å². The molecule has 1 fully saturated rings. The quantitative estimate of drug-likeness (QED) is 0.652. The van der Waals surface area contributed by atoms with Gasteiger partial charge in [0.05, 0.1) is 12.6 Å². The van der Waals surface area contributed by atoms with Gasteiger partial charge in [-0.05, 0) is 44.8 Å². The zero-order chi connectivity index (χ0) is 21.4. The van der Waals surface area contributed by atoms with Crippen LogP contribution in [0.3, 0.4) is 0 Å². The molecule has 3 N–H and O–H groups in total. The summed E-state index contributed by atoms with van der Waals surface area (Å²) in [5, 5.41) is 20.6. The lowest BCUT2D eigenvalue weighted by molar-refractivity contribution is -0.122. The zero-order valence-electron chi connectivity index (χ0n) is 16.4. The van der Waals surface area contributed by atoms with E-state index in [1.807, 2.05) is 55.4 Å². The van der Waals surface area contributed by atoms with E-state index in [2.05, 4.69) is 5.32 Å². The lowest BCUT2D eigenvalue weighted by atomic mass is 10.0. The van der Waals surface area contributed by atoms with Gasteiger partial charge in [-0.3, -0.25) is 4.79 Å². The molecule has 9 heteroatoms. The van der Waals surface area contributed by atoms with Gasteiger partial charge in [-0.1, -0.05) is 23.7 Å². The predicted octanol–water partition coefficient (Wildman–Crippen LogP) is 2.51. The van der Waals surface area contributed by atoms with Crippen LogP contribution in [0.2, 0.25) is 5.02 Å². The highest BCUT2D eigenvalue weighted by Gasteiger charge is 2.31. The molecule has 1 aliphatic heterocycles. The number of nitrogens with one attached hydrogen (secondary N) is 1. The van der Waals surface area contributed by atoms with Crippen LogP contribution in [0.4, 0.5) is 4.79 Å². The standard InChI is InChI=1S/C19H24ClN3O3.CH2O2/c1-22(2)16-8-9-23(12-17(16)24)19(25)21-11-15-6-7-18(26-15)13-4-3-5-14(20)10-13;2-1-3/h3-7,10,16-17,24H,8-9,11-12H2,1-2H3,(H,21,25);1H,(H,2,3)/t16-,17-;/m0./s1. The zero-order valence-corrected chi connectivity index (χ0v) is 17.2. The van der Waals surface area contributed by atoms with Crippen LogP contribution in [-0.4, -0.2) is 71.8 Å². The Morgan fingerprint density at radius 3 is 2.72 bits per heavy atom. The number of carbonyl (C=O) groups is 2. The number of likely N-dealkylation sites (tertiary alicyclic amines) is 1. The van der Waals surface area contributed by atoms with Crippen LogP contribution < -0.4 is 5.32 Å². The molecule has 158 valence electrons. The Bertz CT molecular complexity index is 811. The number of urea groups is 1. The van der Waals surface area contributed by atoms with Gasteiger partial charge >= 0.3 is 6.03 Å². The maximum absolute atomic E-state index is 12.3. The van der Waals surface area contributed by atoms with Gasteiger partial charge in [-0.15, -0.1) is 0 Å². The summed E-state index contributed by atoms with van der Waals surface area (Å²) in [6.45, 7) is 1.00. The first-order valence-corrected chi connectivity index (χ1v) is 9.53. The lowest BCUT2D eigenvalue weighted by Gasteiger charge is -2.38. The number of amides is 2. The molecule has 2 heterocycles. The Kier molecular flexibility index (Phi) is 8.50. The Hall–Kier alpha value is -2.55. The molecule has 0 saturated carbocycles. The summed E-state index contributed by atoms with van der Waals surface area (Å²) in [5.74, 6) is 1.37. The lowest BCUT2D eigenvalue weighted by Crippen LogP contribution is -2.55. The number of halogens is 1. The molecule has 29 heavy (non-hydrogen) atoms. The number of rotatable bonds is 4. The van der Waals surface area contributed by atoms with Crippen molar-refractivity contribution in [2.75, 3.05) is 27.2 Å². The van der Waals surface area contributed by atoms with Crippen LogP contribution >= 0.6 is 11.6 Å². The number of hydrogen-bond donors (Lipinski definition) is 3. The number of carboxylic acid groups (broad SMARTS) is 1. The third-order valence-electron chi connectivity index (χ3n) is 4.68. The molecule has 2 aromatic rings. The molecule has 0 bridgehead atoms. The molecular weight excluding hydrogens is 398 g/mol. The summed E-state index contributed by atoms with van der Waals surface area (Å²) in [7, 11) is 3.88. The van der Waals surface area contributed by atoms with Crippen molar-refractivity contribution in [1.82, 2.24) is 15.1 Å². The summed E-state index contributed by atoms with van der Waals surface area (Å²) in [4.78, 5) is 24.4. The van der Waals surface area contributed by atoms with Gasteiger partial charge < -0.3 is 29.7 Å². The third-order valence-corrected chi connectivity index (χ3v) is 4.92. The third kappa shape index (κ3) is 6.49. The number of furan rings is 1. The minimum atomic E-state index is -0.539. The summed E-state index contributed by atoms with van der Waals surface area (Å²) >= 11 is 6.00. The predicted molar refractivity (Wildman–Crippen MR) is 110 cm³/mol. The number of hydrogen-bond acceptors (Lipinski definition) is 5. The Balaban J connectivity index is 0.000000941. The van der Waals surface area contributed by atoms with Gasteiger partial charge in [-0.2, -0.15) is 0 Å². The number of nitrogens with zero attached hydrogens (tertiary/aromatic N) is 2. The second kappa shape index (κ2) is 10.8. The highest BCUT2D eigenvalue weighted by molar-refractivity contribution is 6.30. The molecule has 2 amide bonds. The molecule has 8 nitrogen and oxygen atoms in total. The molecule has 3 rings (SSSR count). The molecule has 1 aliphatic rings. The van der Waals surface area contributed by atoms with Crippen molar-refractivity contribution in [3.05, 3.63) is 47.2 Å². The molecule has 1 aromatic heterocycles. The highest BCUT2D eigenvalue weighted by Crippen LogP contribution is 2.24. The maximum Gasteiger partial charge on any atom is 0.317 e. The Morgan fingerprint density at radius 2 is 2.10 bits per heavy atom.